The number of amides is 2. The molecule has 0 saturated carbocycles. The van der Waals surface area contributed by atoms with Crippen molar-refractivity contribution in [3.63, 3.8) is 0 Å². The van der Waals surface area contributed by atoms with Crippen LogP contribution in [0.25, 0.3) is 0 Å². The molecule has 0 fully saturated rings. The van der Waals surface area contributed by atoms with Crippen molar-refractivity contribution < 1.29 is 9.59 Å². The van der Waals surface area contributed by atoms with Gasteiger partial charge in [-0.05, 0) is 30.5 Å². The first-order valence-electron chi connectivity index (χ1n) is 6.24. The van der Waals surface area contributed by atoms with Crippen molar-refractivity contribution in [2.24, 2.45) is 0 Å². The summed E-state index contributed by atoms with van der Waals surface area (Å²) in [6, 6.07) is 6.58. The Bertz CT molecular complexity index is 578. The van der Waals surface area contributed by atoms with Gasteiger partial charge in [0, 0.05) is 22.7 Å². The number of carbonyl (C=O) groups excluding carboxylic acids is 2. The van der Waals surface area contributed by atoms with Gasteiger partial charge in [-0.2, -0.15) is 0 Å². The van der Waals surface area contributed by atoms with Crippen molar-refractivity contribution in [1.29, 1.82) is 0 Å². The lowest BCUT2D eigenvalue weighted by Crippen LogP contribution is -2.46. The standard InChI is InChI=1S/C14H13ClN2O2/c15-9-6-4-8(5-7-9)13-12-10(16-14(19)17-13)2-1-3-11(12)18/h4-7,13H,1-3H2,(H2,16,17,19)/t13-/m0/s1. The van der Waals surface area contributed by atoms with Crippen LogP contribution >= 0.6 is 11.6 Å². The number of Topliss-reactive ketones (excluding diaryl/α,β-unsaturated/α-hetero) is 1. The van der Waals surface area contributed by atoms with Crippen LogP contribution in [0.4, 0.5) is 4.79 Å². The molecular weight excluding hydrogens is 264 g/mol. The molecule has 19 heavy (non-hydrogen) atoms. The summed E-state index contributed by atoms with van der Waals surface area (Å²) >= 11 is 5.87. The molecule has 0 saturated heterocycles. The van der Waals surface area contributed by atoms with Crippen molar-refractivity contribution in [3.8, 4) is 0 Å². The van der Waals surface area contributed by atoms with Crippen molar-refractivity contribution in [3.05, 3.63) is 46.1 Å². The summed E-state index contributed by atoms with van der Waals surface area (Å²) < 4.78 is 0. The molecule has 1 aliphatic heterocycles. The third-order valence-electron chi connectivity index (χ3n) is 3.49. The summed E-state index contributed by atoms with van der Waals surface area (Å²) in [5, 5.41) is 6.18. The predicted octanol–water partition coefficient (Wildman–Crippen LogP) is 2.70. The van der Waals surface area contributed by atoms with Crippen LogP contribution in [0.5, 0.6) is 0 Å². The van der Waals surface area contributed by atoms with E-state index < -0.39 is 0 Å². The van der Waals surface area contributed by atoms with E-state index in [0.29, 0.717) is 17.0 Å². The lowest BCUT2D eigenvalue weighted by molar-refractivity contribution is -0.116. The highest BCUT2D eigenvalue weighted by Crippen LogP contribution is 2.33. The summed E-state index contributed by atoms with van der Waals surface area (Å²) in [5.74, 6) is 0.105. The first kappa shape index (κ1) is 12.2. The second-order valence-electron chi connectivity index (χ2n) is 4.75. The monoisotopic (exact) mass is 276 g/mol. The lowest BCUT2D eigenvalue weighted by atomic mass is 9.85. The third-order valence-corrected chi connectivity index (χ3v) is 3.74. The van der Waals surface area contributed by atoms with E-state index >= 15 is 0 Å². The highest BCUT2D eigenvalue weighted by Gasteiger charge is 2.34. The van der Waals surface area contributed by atoms with Gasteiger partial charge in [0.2, 0.25) is 0 Å². The molecule has 98 valence electrons. The van der Waals surface area contributed by atoms with Crippen molar-refractivity contribution in [1.82, 2.24) is 10.6 Å². The molecule has 0 aromatic heterocycles. The Kier molecular flexibility index (Phi) is 3.03. The summed E-state index contributed by atoms with van der Waals surface area (Å²) in [4.78, 5) is 23.8. The van der Waals surface area contributed by atoms with Gasteiger partial charge in [0.15, 0.2) is 5.78 Å². The fourth-order valence-corrected chi connectivity index (χ4v) is 2.74. The molecule has 2 amide bonds. The summed E-state index contributed by atoms with van der Waals surface area (Å²) in [6.45, 7) is 0. The van der Waals surface area contributed by atoms with E-state index in [1.807, 2.05) is 12.1 Å². The number of allylic oxidation sites excluding steroid dienone is 1. The van der Waals surface area contributed by atoms with Crippen LogP contribution < -0.4 is 10.6 Å². The van der Waals surface area contributed by atoms with E-state index in [1.54, 1.807) is 12.1 Å². The molecule has 2 aliphatic rings. The molecule has 3 rings (SSSR count). The SMILES string of the molecule is O=C1NC2=C(C(=O)CCC2)[C@H](c2ccc(Cl)cc2)N1. The highest BCUT2D eigenvalue weighted by atomic mass is 35.5. The van der Waals surface area contributed by atoms with Crippen LogP contribution in [0.1, 0.15) is 30.9 Å². The second-order valence-corrected chi connectivity index (χ2v) is 5.19. The average Bonchev–Trinajstić information content (AvgIpc) is 2.38. The molecule has 5 heteroatoms. The smallest absolute Gasteiger partial charge is 0.319 e. The summed E-state index contributed by atoms with van der Waals surface area (Å²) in [5.41, 5.74) is 2.33. The molecule has 1 aromatic carbocycles. The van der Waals surface area contributed by atoms with Crippen LogP contribution in [0.3, 0.4) is 0 Å². The number of rotatable bonds is 1. The maximum atomic E-state index is 12.1. The number of benzene rings is 1. The first-order chi connectivity index (χ1) is 9.15. The van der Waals surface area contributed by atoms with Gasteiger partial charge in [-0.1, -0.05) is 23.7 Å². The maximum absolute atomic E-state index is 12.1. The average molecular weight is 277 g/mol. The Balaban J connectivity index is 2.05. The van der Waals surface area contributed by atoms with Gasteiger partial charge < -0.3 is 10.6 Å². The third kappa shape index (κ3) is 2.24. The zero-order chi connectivity index (χ0) is 13.4. The molecule has 0 bridgehead atoms. The van der Waals surface area contributed by atoms with Crippen LogP contribution in [0, 0.1) is 0 Å². The molecule has 1 heterocycles. The maximum Gasteiger partial charge on any atom is 0.319 e. The summed E-state index contributed by atoms with van der Waals surface area (Å²) in [6.07, 6.45) is 2.09. The van der Waals surface area contributed by atoms with Gasteiger partial charge in [-0.3, -0.25) is 4.79 Å². The zero-order valence-electron chi connectivity index (χ0n) is 10.2. The summed E-state index contributed by atoms with van der Waals surface area (Å²) in [7, 11) is 0. The fraction of sp³-hybridized carbons (Fsp3) is 0.286. The van der Waals surface area contributed by atoms with E-state index in [-0.39, 0.29) is 17.9 Å². The Labute approximate surface area is 115 Å². The molecule has 4 nitrogen and oxygen atoms in total. The largest absolute Gasteiger partial charge is 0.327 e. The second kappa shape index (κ2) is 4.70. The van der Waals surface area contributed by atoms with Gasteiger partial charge in [0.1, 0.15) is 0 Å². The molecule has 1 atom stereocenters. The molecule has 0 unspecified atom stereocenters. The number of halogens is 1. The van der Waals surface area contributed by atoms with Crippen LogP contribution in [-0.4, -0.2) is 11.8 Å². The molecule has 0 spiro atoms. The van der Waals surface area contributed by atoms with E-state index in [0.717, 1.165) is 24.1 Å². The van der Waals surface area contributed by atoms with E-state index in [4.69, 9.17) is 11.6 Å². The topological polar surface area (TPSA) is 58.2 Å². The quantitative estimate of drug-likeness (QED) is 0.828. The van der Waals surface area contributed by atoms with Gasteiger partial charge in [-0.15, -0.1) is 0 Å². The normalized spacial score (nSPS) is 22.7. The molecular formula is C14H13ClN2O2. The van der Waals surface area contributed by atoms with Gasteiger partial charge in [0.05, 0.1) is 6.04 Å². The number of ketones is 1. The van der Waals surface area contributed by atoms with Gasteiger partial charge in [0.25, 0.3) is 0 Å². The predicted molar refractivity (Wildman–Crippen MR) is 71.7 cm³/mol. The Morgan fingerprint density at radius 2 is 1.84 bits per heavy atom. The molecule has 1 aliphatic carbocycles. The number of hydrogen-bond donors (Lipinski definition) is 2. The Hall–Kier alpha value is -1.81. The zero-order valence-corrected chi connectivity index (χ0v) is 11.0. The van der Waals surface area contributed by atoms with Gasteiger partial charge in [-0.25, -0.2) is 4.79 Å². The minimum absolute atomic E-state index is 0.105. The molecule has 1 aromatic rings. The van der Waals surface area contributed by atoms with Crippen molar-refractivity contribution in [2.45, 2.75) is 25.3 Å². The highest BCUT2D eigenvalue weighted by molar-refractivity contribution is 6.30. The number of hydrogen-bond acceptors (Lipinski definition) is 2. The minimum Gasteiger partial charge on any atom is -0.327 e. The fourth-order valence-electron chi connectivity index (χ4n) is 2.61. The van der Waals surface area contributed by atoms with Crippen molar-refractivity contribution in [2.75, 3.05) is 0 Å². The van der Waals surface area contributed by atoms with Crippen LogP contribution in [0.2, 0.25) is 5.02 Å². The molecule has 2 N–H and O–H groups in total. The Morgan fingerprint density at radius 3 is 2.58 bits per heavy atom. The van der Waals surface area contributed by atoms with Crippen molar-refractivity contribution >= 4 is 23.4 Å². The van der Waals surface area contributed by atoms with Crippen LogP contribution in [-0.2, 0) is 4.79 Å². The van der Waals surface area contributed by atoms with E-state index in [2.05, 4.69) is 10.6 Å². The first-order valence-corrected chi connectivity index (χ1v) is 6.62. The van der Waals surface area contributed by atoms with E-state index in [1.165, 1.54) is 0 Å². The number of nitrogens with one attached hydrogen (secondary N) is 2. The molecule has 0 radical (unpaired) electrons. The number of carbonyl (C=O) groups is 2. The minimum atomic E-state index is -0.367. The lowest BCUT2D eigenvalue weighted by Gasteiger charge is -2.32. The van der Waals surface area contributed by atoms with Crippen LogP contribution in [0.15, 0.2) is 35.5 Å². The Morgan fingerprint density at radius 1 is 1.11 bits per heavy atom. The number of urea groups is 1. The van der Waals surface area contributed by atoms with Gasteiger partial charge >= 0.3 is 6.03 Å². The van der Waals surface area contributed by atoms with E-state index in [9.17, 15) is 9.59 Å².